The number of nitrogens with zero attached hydrogens (tertiary/aromatic N) is 3. The molecule has 1 aliphatic rings. The summed E-state index contributed by atoms with van der Waals surface area (Å²) in [5.74, 6) is -0.149. The van der Waals surface area contributed by atoms with Gasteiger partial charge >= 0.3 is 0 Å². The minimum absolute atomic E-state index is 0.0886. The van der Waals surface area contributed by atoms with Crippen LogP contribution in [0.25, 0.3) is 11.3 Å². The van der Waals surface area contributed by atoms with Crippen molar-refractivity contribution in [2.24, 2.45) is 5.92 Å². The fourth-order valence-corrected chi connectivity index (χ4v) is 2.97. The number of anilines is 1. The van der Waals surface area contributed by atoms with E-state index in [-0.39, 0.29) is 16.0 Å². The summed E-state index contributed by atoms with van der Waals surface area (Å²) in [4.78, 5) is 12.2. The molecule has 23 heavy (non-hydrogen) atoms. The van der Waals surface area contributed by atoms with E-state index in [0.29, 0.717) is 29.3 Å². The van der Waals surface area contributed by atoms with Crippen molar-refractivity contribution in [2.75, 3.05) is 18.9 Å². The summed E-state index contributed by atoms with van der Waals surface area (Å²) in [5, 5.41) is 0.428. The van der Waals surface area contributed by atoms with Crippen LogP contribution in [0.15, 0.2) is 12.3 Å². The second-order valence-electron chi connectivity index (χ2n) is 5.44. The van der Waals surface area contributed by atoms with Gasteiger partial charge in [-0.3, -0.25) is 0 Å². The average molecular weight is 357 g/mol. The highest BCUT2D eigenvalue weighted by Crippen LogP contribution is 2.33. The Morgan fingerprint density at radius 3 is 2.74 bits per heavy atom. The van der Waals surface area contributed by atoms with E-state index < -0.39 is 5.95 Å². The van der Waals surface area contributed by atoms with Crippen molar-refractivity contribution < 1.29 is 9.13 Å². The molecule has 0 unspecified atom stereocenters. The summed E-state index contributed by atoms with van der Waals surface area (Å²) in [7, 11) is 0. The summed E-state index contributed by atoms with van der Waals surface area (Å²) < 4.78 is 18.9. The zero-order valence-corrected chi connectivity index (χ0v) is 13.7. The first-order valence-electron chi connectivity index (χ1n) is 7.25. The number of nitrogens with two attached hydrogens (primary N) is 1. The smallest absolute Gasteiger partial charge is 0.213 e. The van der Waals surface area contributed by atoms with Crippen LogP contribution >= 0.6 is 23.2 Å². The molecule has 2 N–H and O–H groups in total. The summed E-state index contributed by atoms with van der Waals surface area (Å²) in [6.45, 7) is 1.45. The topological polar surface area (TPSA) is 73.9 Å². The van der Waals surface area contributed by atoms with E-state index in [1.54, 1.807) is 0 Å². The Labute approximate surface area is 143 Å². The third-order valence-corrected chi connectivity index (χ3v) is 4.43. The highest BCUT2D eigenvalue weighted by molar-refractivity contribution is 6.33. The molecule has 0 aliphatic carbocycles. The molecule has 1 fully saturated rings. The van der Waals surface area contributed by atoms with Crippen LogP contribution in [0.2, 0.25) is 10.2 Å². The molecule has 0 amide bonds. The third-order valence-electron chi connectivity index (χ3n) is 3.85. The predicted molar refractivity (Wildman–Crippen MR) is 86.9 cm³/mol. The zero-order chi connectivity index (χ0) is 16.4. The third kappa shape index (κ3) is 3.71. The van der Waals surface area contributed by atoms with Crippen molar-refractivity contribution in [3.8, 4) is 11.3 Å². The van der Waals surface area contributed by atoms with Crippen molar-refractivity contribution in [1.82, 2.24) is 15.0 Å². The number of hydrogen-bond acceptors (Lipinski definition) is 5. The standard InChI is InChI=1S/C15H15Cl2FN4O/c16-10-7-20-12(18)6-9(10)13-11(21-14(17)15(19)22-13)5-8-1-3-23-4-2-8/h6-8H,1-5H2,(H2,19,22). The molecule has 0 saturated carbocycles. The molecule has 0 atom stereocenters. The largest absolute Gasteiger partial charge is 0.381 e. The van der Waals surface area contributed by atoms with Crippen LogP contribution in [0, 0.1) is 11.9 Å². The van der Waals surface area contributed by atoms with Crippen LogP contribution in [0.3, 0.4) is 0 Å². The van der Waals surface area contributed by atoms with E-state index in [2.05, 4.69) is 15.0 Å². The van der Waals surface area contributed by atoms with Crippen LogP contribution in [0.4, 0.5) is 10.2 Å². The van der Waals surface area contributed by atoms with Gasteiger partial charge in [0.2, 0.25) is 5.95 Å². The fourth-order valence-electron chi connectivity index (χ4n) is 2.64. The van der Waals surface area contributed by atoms with E-state index in [9.17, 15) is 4.39 Å². The summed E-state index contributed by atoms with van der Waals surface area (Å²) in [6.07, 6.45) is 3.77. The van der Waals surface area contributed by atoms with Crippen molar-refractivity contribution in [3.63, 3.8) is 0 Å². The van der Waals surface area contributed by atoms with Gasteiger partial charge in [0.1, 0.15) is 0 Å². The number of ether oxygens (including phenoxy) is 1. The van der Waals surface area contributed by atoms with Crippen LogP contribution in [-0.2, 0) is 11.2 Å². The number of halogens is 3. The number of rotatable bonds is 3. The van der Waals surface area contributed by atoms with Gasteiger partial charge in [-0.05, 0) is 25.2 Å². The Balaban J connectivity index is 2.03. The van der Waals surface area contributed by atoms with Gasteiger partial charge in [0.15, 0.2) is 11.0 Å². The van der Waals surface area contributed by atoms with Gasteiger partial charge in [-0.2, -0.15) is 4.39 Å². The van der Waals surface area contributed by atoms with E-state index >= 15 is 0 Å². The van der Waals surface area contributed by atoms with Crippen molar-refractivity contribution in [1.29, 1.82) is 0 Å². The minimum Gasteiger partial charge on any atom is -0.381 e. The van der Waals surface area contributed by atoms with Crippen molar-refractivity contribution in [3.05, 3.63) is 34.1 Å². The number of pyridine rings is 1. The van der Waals surface area contributed by atoms with Gasteiger partial charge < -0.3 is 10.5 Å². The SMILES string of the molecule is Nc1nc(-c2cc(F)ncc2Cl)c(CC2CCOCC2)nc1Cl. The van der Waals surface area contributed by atoms with Gasteiger partial charge in [0, 0.05) is 31.0 Å². The van der Waals surface area contributed by atoms with Gasteiger partial charge in [0.25, 0.3) is 0 Å². The molecule has 3 heterocycles. The van der Waals surface area contributed by atoms with E-state index in [0.717, 1.165) is 26.1 Å². The normalized spacial score (nSPS) is 15.8. The lowest BCUT2D eigenvalue weighted by Crippen LogP contribution is -2.19. The lowest BCUT2D eigenvalue weighted by molar-refractivity contribution is 0.0663. The highest BCUT2D eigenvalue weighted by Gasteiger charge is 2.21. The first kappa shape index (κ1) is 16.4. The molecular weight excluding hydrogens is 342 g/mol. The monoisotopic (exact) mass is 356 g/mol. The van der Waals surface area contributed by atoms with Gasteiger partial charge in [-0.15, -0.1) is 0 Å². The van der Waals surface area contributed by atoms with Gasteiger partial charge in [-0.1, -0.05) is 23.2 Å². The molecule has 8 heteroatoms. The second kappa shape index (κ2) is 6.95. The molecular formula is C15H15Cl2FN4O. The Kier molecular flexibility index (Phi) is 4.94. The molecule has 0 radical (unpaired) electrons. The molecule has 5 nitrogen and oxygen atoms in total. The van der Waals surface area contributed by atoms with Gasteiger partial charge in [0.05, 0.1) is 16.4 Å². The predicted octanol–water partition coefficient (Wildman–Crippen LogP) is 3.54. The number of hydrogen-bond donors (Lipinski definition) is 1. The highest BCUT2D eigenvalue weighted by atomic mass is 35.5. The molecule has 0 spiro atoms. The lowest BCUT2D eigenvalue weighted by Gasteiger charge is -2.22. The first-order valence-corrected chi connectivity index (χ1v) is 8.01. The lowest BCUT2D eigenvalue weighted by atomic mass is 9.93. The van der Waals surface area contributed by atoms with E-state index in [1.165, 1.54) is 12.3 Å². The van der Waals surface area contributed by atoms with Crippen molar-refractivity contribution in [2.45, 2.75) is 19.3 Å². The second-order valence-corrected chi connectivity index (χ2v) is 6.21. The molecule has 0 bridgehead atoms. The number of aromatic nitrogens is 3. The van der Waals surface area contributed by atoms with Gasteiger partial charge in [-0.25, -0.2) is 15.0 Å². The maximum Gasteiger partial charge on any atom is 0.213 e. The van der Waals surface area contributed by atoms with Crippen LogP contribution < -0.4 is 5.73 Å². The Bertz CT molecular complexity index is 723. The summed E-state index contributed by atoms with van der Waals surface area (Å²) in [5.41, 5.74) is 7.29. The van der Waals surface area contributed by atoms with E-state index in [1.807, 2.05) is 0 Å². The summed E-state index contributed by atoms with van der Waals surface area (Å²) >= 11 is 12.2. The van der Waals surface area contributed by atoms with E-state index in [4.69, 9.17) is 33.7 Å². The Morgan fingerprint density at radius 1 is 1.26 bits per heavy atom. The molecule has 1 saturated heterocycles. The molecule has 2 aromatic heterocycles. The maximum absolute atomic E-state index is 13.5. The maximum atomic E-state index is 13.5. The van der Waals surface area contributed by atoms with Crippen molar-refractivity contribution >= 4 is 29.0 Å². The Hall–Kier alpha value is -1.50. The summed E-state index contributed by atoms with van der Waals surface area (Å²) in [6, 6.07) is 1.23. The van der Waals surface area contributed by atoms with Crippen LogP contribution in [0.1, 0.15) is 18.5 Å². The van der Waals surface area contributed by atoms with Crippen LogP contribution in [0.5, 0.6) is 0 Å². The zero-order valence-electron chi connectivity index (χ0n) is 12.2. The Morgan fingerprint density at radius 2 is 2.00 bits per heavy atom. The molecule has 3 rings (SSSR count). The average Bonchev–Trinajstić information content (AvgIpc) is 2.54. The van der Waals surface area contributed by atoms with Crippen LogP contribution in [-0.4, -0.2) is 28.2 Å². The molecule has 0 aromatic carbocycles. The number of nitrogen functional groups attached to an aromatic ring is 1. The quantitative estimate of drug-likeness (QED) is 0.851. The molecule has 1 aliphatic heterocycles. The minimum atomic E-state index is -0.642. The molecule has 2 aromatic rings. The molecule has 122 valence electrons. The fraction of sp³-hybridized carbons (Fsp3) is 0.400. The first-order chi connectivity index (χ1) is 11.0.